The number of aliphatic hydroxyl groups excluding tert-OH is 3. The number of Topliss-reactive ketones (excluding diaryl/α,β-unsaturated/α-hetero) is 1. The first kappa shape index (κ1) is 19.0. The van der Waals surface area contributed by atoms with Crippen molar-refractivity contribution in [3.8, 4) is 10.4 Å². The Labute approximate surface area is 158 Å². The second-order valence-electron chi connectivity index (χ2n) is 6.23. The van der Waals surface area contributed by atoms with Crippen LogP contribution < -0.4 is 11.1 Å². The number of anilines is 2. The van der Waals surface area contributed by atoms with Crippen LogP contribution >= 0.6 is 22.9 Å². The molecule has 1 saturated carbocycles. The number of nitrogens with two attached hydrogens (primary N) is 1. The number of carbonyl (C=O) groups excluding carboxylic acids is 1. The zero-order valence-electron chi connectivity index (χ0n) is 13.9. The van der Waals surface area contributed by atoms with Crippen LogP contribution in [0.25, 0.3) is 10.4 Å². The molecule has 140 valence electrons. The molecule has 2 aromatic rings. The number of thiophene rings is 1. The molecule has 2 heterocycles. The average Bonchev–Trinajstić information content (AvgIpc) is 3.15. The minimum Gasteiger partial charge on any atom is -0.396 e. The van der Waals surface area contributed by atoms with E-state index >= 15 is 0 Å². The molecule has 0 spiro atoms. The molecule has 2 aromatic heterocycles. The van der Waals surface area contributed by atoms with E-state index in [1.165, 1.54) is 18.3 Å². The molecule has 1 aliphatic rings. The van der Waals surface area contributed by atoms with Crippen LogP contribution in [0.2, 0.25) is 5.15 Å². The van der Waals surface area contributed by atoms with Gasteiger partial charge in [0.15, 0.2) is 5.78 Å². The average molecular weight is 399 g/mol. The Bertz CT molecular complexity index is 831. The highest BCUT2D eigenvalue weighted by Gasteiger charge is 2.41. The van der Waals surface area contributed by atoms with Gasteiger partial charge >= 0.3 is 0 Å². The van der Waals surface area contributed by atoms with Crippen molar-refractivity contribution in [2.75, 3.05) is 17.7 Å². The molecule has 0 aliphatic heterocycles. The van der Waals surface area contributed by atoms with Gasteiger partial charge in [-0.2, -0.15) is 4.98 Å². The predicted molar refractivity (Wildman–Crippen MR) is 99.4 cm³/mol. The number of aliphatic hydroxyl groups is 3. The lowest BCUT2D eigenvalue weighted by molar-refractivity contribution is 0.00446. The number of ketones is 1. The second-order valence-corrected chi connectivity index (χ2v) is 7.67. The zero-order chi connectivity index (χ0) is 19.0. The van der Waals surface area contributed by atoms with Crippen molar-refractivity contribution in [1.82, 2.24) is 9.97 Å². The van der Waals surface area contributed by atoms with E-state index < -0.39 is 24.2 Å². The fraction of sp³-hybridized carbons (Fsp3) is 0.438. The normalized spacial score (nSPS) is 25.4. The number of hydrogen-bond donors (Lipinski definition) is 5. The lowest BCUT2D eigenvalue weighted by Gasteiger charge is -2.20. The van der Waals surface area contributed by atoms with Gasteiger partial charge in [-0.1, -0.05) is 11.6 Å². The number of nitrogens with zero attached hydrogens (tertiary/aromatic N) is 2. The molecule has 0 amide bonds. The summed E-state index contributed by atoms with van der Waals surface area (Å²) in [4.78, 5) is 20.9. The standard InChI is InChI=1S/C16H19ClN4O4S/c1-6(23)9-2-3-10(26-9)11-14(17)20-16(18)21-15(11)19-8-4-7(5-22)12(24)13(8)25/h2-3,7-8,12-13,22,24-25H,4-5H2,1H3,(H3,18,19,20,21)/t7-,8-,12-,13+/m1/s1. The van der Waals surface area contributed by atoms with Gasteiger partial charge in [-0.05, 0) is 25.5 Å². The van der Waals surface area contributed by atoms with Gasteiger partial charge in [-0.25, -0.2) is 4.98 Å². The molecule has 26 heavy (non-hydrogen) atoms. The first-order valence-electron chi connectivity index (χ1n) is 7.99. The van der Waals surface area contributed by atoms with Gasteiger partial charge in [0, 0.05) is 17.4 Å². The molecule has 0 bridgehead atoms. The van der Waals surface area contributed by atoms with Crippen LogP contribution in [0, 0.1) is 5.92 Å². The highest BCUT2D eigenvalue weighted by atomic mass is 35.5. The summed E-state index contributed by atoms with van der Waals surface area (Å²) in [5, 5.41) is 32.7. The number of nitrogen functional groups attached to an aromatic ring is 1. The molecule has 0 unspecified atom stereocenters. The molecular formula is C16H19ClN4O4S. The highest BCUT2D eigenvalue weighted by Crippen LogP contribution is 2.39. The van der Waals surface area contributed by atoms with Crippen LogP contribution in [-0.2, 0) is 0 Å². The van der Waals surface area contributed by atoms with Crippen molar-refractivity contribution >= 4 is 40.5 Å². The van der Waals surface area contributed by atoms with Gasteiger partial charge in [0.05, 0.1) is 22.6 Å². The van der Waals surface area contributed by atoms with Crippen molar-refractivity contribution in [1.29, 1.82) is 0 Å². The van der Waals surface area contributed by atoms with Gasteiger partial charge in [0.1, 0.15) is 17.1 Å². The predicted octanol–water partition coefficient (Wildman–Crippen LogP) is 1.16. The summed E-state index contributed by atoms with van der Waals surface area (Å²) in [5.74, 6) is -0.249. The van der Waals surface area contributed by atoms with Crippen LogP contribution in [0.4, 0.5) is 11.8 Å². The molecular weight excluding hydrogens is 380 g/mol. The molecule has 6 N–H and O–H groups in total. The third kappa shape index (κ3) is 3.53. The highest BCUT2D eigenvalue weighted by molar-refractivity contribution is 7.17. The van der Waals surface area contributed by atoms with Crippen molar-refractivity contribution in [3.63, 3.8) is 0 Å². The molecule has 3 rings (SSSR count). The minimum absolute atomic E-state index is 0.0451. The van der Waals surface area contributed by atoms with Gasteiger partial charge in [-0.15, -0.1) is 11.3 Å². The monoisotopic (exact) mass is 398 g/mol. The van der Waals surface area contributed by atoms with Crippen molar-refractivity contribution in [2.45, 2.75) is 31.6 Å². The van der Waals surface area contributed by atoms with Crippen molar-refractivity contribution < 1.29 is 20.1 Å². The van der Waals surface area contributed by atoms with Crippen LogP contribution in [0.5, 0.6) is 0 Å². The number of carbonyl (C=O) groups is 1. The largest absolute Gasteiger partial charge is 0.396 e. The number of nitrogens with one attached hydrogen (secondary N) is 1. The fourth-order valence-electron chi connectivity index (χ4n) is 3.06. The zero-order valence-corrected chi connectivity index (χ0v) is 15.5. The van der Waals surface area contributed by atoms with Crippen LogP contribution in [0.15, 0.2) is 12.1 Å². The van der Waals surface area contributed by atoms with E-state index in [0.29, 0.717) is 27.6 Å². The van der Waals surface area contributed by atoms with E-state index in [4.69, 9.17) is 17.3 Å². The number of halogens is 1. The molecule has 0 aromatic carbocycles. The molecule has 1 aliphatic carbocycles. The fourth-order valence-corrected chi connectivity index (χ4v) is 4.34. The smallest absolute Gasteiger partial charge is 0.223 e. The maximum absolute atomic E-state index is 11.6. The summed E-state index contributed by atoms with van der Waals surface area (Å²) in [7, 11) is 0. The number of rotatable bonds is 5. The number of aromatic nitrogens is 2. The summed E-state index contributed by atoms with van der Waals surface area (Å²) in [6.45, 7) is 1.24. The Kier molecular flexibility index (Phi) is 5.44. The van der Waals surface area contributed by atoms with E-state index in [1.807, 2.05) is 0 Å². The maximum atomic E-state index is 11.6. The number of hydrogen-bond acceptors (Lipinski definition) is 9. The van der Waals surface area contributed by atoms with Crippen LogP contribution in [-0.4, -0.2) is 55.9 Å². The van der Waals surface area contributed by atoms with E-state index in [0.717, 1.165) is 0 Å². The quantitative estimate of drug-likeness (QED) is 0.373. The van der Waals surface area contributed by atoms with E-state index in [2.05, 4.69) is 15.3 Å². The Morgan fingerprint density at radius 3 is 2.69 bits per heavy atom. The Balaban J connectivity index is 1.97. The molecule has 4 atom stereocenters. The second kappa shape index (κ2) is 7.45. The Hall–Kier alpha value is -1.78. The molecule has 8 nitrogen and oxygen atoms in total. The van der Waals surface area contributed by atoms with E-state index in [1.54, 1.807) is 12.1 Å². The van der Waals surface area contributed by atoms with Crippen molar-refractivity contribution in [3.05, 3.63) is 22.2 Å². The SMILES string of the molecule is CC(=O)c1ccc(-c2c(Cl)nc(N)nc2N[C@@H]2C[C@H](CO)[C@@H](O)[C@H]2O)s1. The Morgan fingerprint density at radius 1 is 1.38 bits per heavy atom. The Morgan fingerprint density at radius 2 is 2.12 bits per heavy atom. The topological polar surface area (TPSA) is 142 Å². The third-order valence-electron chi connectivity index (χ3n) is 4.44. The van der Waals surface area contributed by atoms with Crippen molar-refractivity contribution in [2.24, 2.45) is 5.92 Å². The molecule has 1 fully saturated rings. The summed E-state index contributed by atoms with van der Waals surface area (Å²) in [6.07, 6.45) is -1.77. The van der Waals surface area contributed by atoms with Crippen LogP contribution in [0.3, 0.4) is 0 Å². The van der Waals surface area contributed by atoms with E-state index in [9.17, 15) is 20.1 Å². The lowest BCUT2D eigenvalue weighted by Crippen LogP contribution is -2.35. The first-order chi connectivity index (χ1) is 12.3. The first-order valence-corrected chi connectivity index (χ1v) is 9.19. The van der Waals surface area contributed by atoms with Gasteiger partial charge in [-0.3, -0.25) is 4.79 Å². The summed E-state index contributed by atoms with van der Waals surface area (Å²) in [6, 6.07) is 2.89. The summed E-state index contributed by atoms with van der Waals surface area (Å²) >= 11 is 7.51. The summed E-state index contributed by atoms with van der Waals surface area (Å²) in [5.41, 5.74) is 6.17. The van der Waals surface area contributed by atoms with Gasteiger partial charge in [0.2, 0.25) is 5.95 Å². The van der Waals surface area contributed by atoms with Gasteiger partial charge in [0.25, 0.3) is 0 Å². The molecule has 0 saturated heterocycles. The third-order valence-corrected chi connectivity index (χ3v) is 5.92. The maximum Gasteiger partial charge on any atom is 0.223 e. The molecule has 10 heteroatoms. The van der Waals surface area contributed by atoms with E-state index in [-0.39, 0.29) is 23.5 Å². The lowest BCUT2D eigenvalue weighted by atomic mass is 10.1. The molecule has 0 radical (unpaired) electrons. The minimum atomic E-state index is -1.08. The van der Waals surface area contributed by atoms with Gasteiger partial charge < -0.3 is 26.4 Å². The van der Waals surface area contributed by atoms with Crippen LogP contribution in [0.1, 0.15) is 23.0 Å². The summed E-state index contributed by atoms with van der Waals surface area (Å²) < 4.78 is 0.